The van der Waals surface area contributed by atoms with E-state index in [0.717, 1.165) is 30.9 Å². The molecule has 1 aliphatic heterocycles. The molecular formula is C26H35N7O3. The standard InChI is InChI=1S/C26H35N7O3/c1-17-18(2)30-25(23(29-17)24(27)35)31-21-9-5-8-20(16-21)11-12-28-26(36)19(3)32(4)22(34)10-6-13-33-14-7-15-33/h5-6,8-10,16,19H,7,11-15H2,1-4H3,(H2,27,35)(H,28,36)(H,30,31)/b10-6+/t19-/m0/s1. The van der Waals surface area contributed by atoms with E-state index in [0.29, 0.717) is 30.2 Å². The summed E-state index contributed by atoms with van der Waals surface area (Å²) in [4.78, 5) is 49.1. The first-order chi connectivity index (χ1) is 17.2. The average molecular weight is 494 g/mol. The number of nitrogens with zero attached hydrogens (tertiary/aromatic N) is 4. The zero-order valence-corrected chi connectivity index (χ0v) is 21.4. The Morgan fingerprint density at radius 1 is 1.19 bits per heavy atom. The third-order valence-corrected chi connectivity index (χ3v) is 6.32. The fraction of sp³-hybridized carbons (Fsp3) is 0.423. The van der Waals surface area contributed by atoms with Gasteiger partial charge < -0.3 is 21.3 Å². The maximum absolute atomic E-state index is 12.6. The lowest BCUT2D eigenvalue weighted by atomic mass is 10.1. The van der Waals surface area contributed by atoms with Crippen molar-refractivity contribution in [2.24, 2.45) is 5.73 Å². The van der Waals surface area contributed by atoms with Gasteiger partial charge in [0.2, 0.25) is 11.8 Å². The van der Waals surface area contributed by atoms with Crippen LogP contribution in [0.2, 0.25) is 0 Å². The smallest absolute Gasteiger partial charge is 0.271 e. The van der Waals surface area contributed by atoms with E-state index in [9.17, 15) is 14.4 Å². The third-order valence-electron chi connectivity index (χ3n) is 6.32. The topological polar surface area (TPSA) is 134 Å². The molecule has 10 heteroatoms. The van der Waals surface area contributed by atoms with Crippen molar-refractivity contribution in [3.8, 4) is 0 Å². The zero-order chi connectivity index (χ0) is 26.2. The summed E-state index contributed by atoms with van der Waals surface area (Å²) < 4.78 is 0. The second-order valence-electron chi connectivity index (χ2n) is 9.00. The number of carbonyl (C=O) groups excluding carboxylic acids is 3. The van der Waals surface area contributed by atoms with Crippen LogP contribution in [0.25, 0.3) is 0 Å². The minimum atomic E-state index is -0.656. The van der Waals surface area contributed by atoms with Crippen LogP contribution in [0.4, 0.5) is 11.5 Å². The molecule has 36 heavy (non-hydrogen) atoms. The van der Waals surface area contributed by atoms with Crippen molar-refractivity contribution < 1.29 is 14.4 Å². The summed E-state index contributed by atoms with van der Waals surface area (Å²) in [5, 5.41) is 6.02. The van der Waals surface area contributed by atoms with Gasteiger partial charge in [0, 0.05) is 31.9 Å². The van der Waals surface area contributed by atoms with Gasteiger partial charge in [0.1, 0.15) is 6.04 Å². The number of nitrogens with one attached hydrogen (secondary N) is 2. The first-order valence-corrected chi connectivity index (χ1v) is 12.1. The van der Waals surface area contributed by atoms with Crippen LogP contribution in [0, 0.1) is 13.8 Å². The van der Waals surface area contributed by atoms with Crippen LogP contribution in [0.15, 0.2) is 36.4 Å². The highest BCUT2D eigenvalue weighted by atomic mass is 16.2. The first kappa shape index (κ1) is 26.8. The number of likely N-dealkylation sites (tertiary alicyclic amines) is 1. The summed E-state index contributed by atoms with van der Waals surface area (Å²) in [5.74, 6) is -0.762. The SMILES string of the molecule is Cc1nc(Nc2cccc(CCNC(=O)[C@H](C)N(C)C(=O)/C=C/CN3CCC3)c2)c(C(N)=O)nc1C. The molecule has 1 aliphatic rings. The number of benzene rings is 1. The Morgan fingerprint density at radius 2 is 1.92 bits per heavy atom. The Labute approximate surface area is 212 Å². The van der Waals surface area contributed by atoms with Crippen molar-refractivity contribution in [3.63, 3.8) is 0 Å². The molecule has 0 aliphatic carbocycles. The largest absolute Gasteiger partial charge is 0.364 e. The number of amides is 3. The summed E-state index contributed by atoms with van der Waals surface area (Å²) in [6.07, 6.45) is 5.17. The molecule has 3 rings (SSSR count). The van der Waals surface area contributed by atoms with Gasteiger partial charge in [-0.1, -0.05) is 18.2 Å². The normalized spacial score (nSPS) is 14.2. The van der Waals surface area contributed by atoms with Gasteiger partial charge in [0.15, 0.2) is 11.5 Å². The molecule has 10 nitrogen and oxygen atoms in total. The van der Waals surface area contributed by atoms with Crippen molar-refractivity contribution in [1.29, 1.82) is 0 Å². The Bertz CT molecular complexity index is 1140. The molecule has 1 fully saturated rings. The highest BCUT2D eigenvalue weighted by Crippen LogP contribution is 2.20. The van der Waals surface area contributed by atoms with Crippen LogP contribution >= 0.6 is 0 Å². The summed E-state index contributed by atoms with van der Waals surface area (Å²) in [5.41, 5.74) is 8.59. The van der Waals surface area contributed by atoms with Crippen molar-refractivity contribution in [2.45, 2.75) is 39.7 Å². The summed E-state index contributed by atoms with van der Waals surface area (Å²) >= 11 is 0. The number of primary amides is 1. The molecule has 1 aromatic carbocycles. The fourth-order valence-corrected chi connectivity index (χ4v) is 3.63. The van der Waals surface area contributed by atoms with Gasteiger partial charge in [0.25, 0.3) is 5.91 Å². The van der Waals surface area contributed by atoms with Crippen LogP contribution in [0.3, 0.4) is 0 Å². The average Bonchev–Trinajstić information content (AvgIpc) is 2.81. The molecule has 3 amide bonds. The van der Waals surface area contributed by atoms with E-state index in [2.05, 4.69) is 25.5 Å². The molecule has 192 valence electrons. The Kier molecular flexibility index (Phi) is 9.13. The molecule has 0 bridgehead atoms. The van der Waals surface area contributed by atoms with Crippen molar-refractivity contribution >= 4 is 29.2 Å². The van der Waals surface area contributed by atoms with Gasteiger partial charge in [-0.3, -0.25) is 19.3 Å². The maximum atomic E-state index is 12.6. The molecule has 1 saturated heterocycles. The molecular weight excluding hydrogens is 458 g/mol. The molecule has 2 aromatic rings. The predicted octanol–water partition coefficient (Wildman–Crippen LogP) is 1.70. The second kappa shape index (κ2) is 12.3. The van der Waals surface area contributed by atoms with Crippen LogP contribution in [0.5, 0.6) is 0 Å². The number of nitrogens with two attached hydrogens (primary N) is 1. The van der Waals surface area contributed by atoms with Gasteiger partial charge in [-0.2, -0.15) is 0 Å². The van der Waals surface area contributed by atoms with E-state index in [1.165, 1.54) is 17.4 Å². The van der Waals surface area contributed by atoms with Gasteiger partial charge in [-0.25, -0.2) is 9.97 Å². The Morgan fingerprint density at radius 3 is 2.58 bits per heavy atom. The number of hydrogen-bond donors (Lipinski definition) is 3. The second-order valence-corrected chi connectivity index (χ2v) is 9.00. The summed E-state index contributed by atoms with van der Waals surface area (Å²) in [7, 11) is 1.63. The van der Waals surface area contributed by atoms with E-state index < -0.39 is 11.9 Å². The lowest BCUT2D eigenvalue weighted by molar-refractivity contribution is -0.135. The van der Waals surface area contributed by atoms with E-state index in [1.807, 2.05) is 37.3 Å². The number of rotatable bonds is 11. The quantitative estimate of drug-likeness (QED) is 0.406. The number of carbonyl (C=O) groups is 3. The molecule has 1 aromatic heterocycles. The number of aryl methyl sites for hydroxylation is 2. The van der Waals surface area contributed by atoms with E-state index in [1.54, 1.807) is 20.9 Å². The minimum absolute atomic E-state index is 0.0822. The van der Waals surface area contributed by atoms with Gasteiger partial charge >= 0.3 is 0 Å². The van der Waals surface area contributed by atoms with E-state index in [4.69, 9.17) is 5.73 Å². The van der Waals surface area contributed by atoms with E-state index >= 15 is 0 Å². The molecule has 2 heterocycles. The molecule has 0 saturated carbocycles. The van der Waals surface area contributed by atoms with Crippen molar-refractivity contribution in [2.75, 3.05) is 38.5 Å². The maximum Gasteiger partial charge on any atom is 0.271 e. The van der Waals surface area contributed by atoms with Gasteiger partial charge in [-0.05, 0) is 64.4 Å². The van der Waals surface area contributed by atoms with Crippen LogP contribution in [-0.4, -0.2) is 76.8 Å². The minimum Gasteiger partial charge on any atom is -0.364 e. The molecule has 0 spiro atoms. The molecule has 0 radical (unpaired) electrons. The number of aromatic nitrogens is 2. The van der Waals surface area contributed by atoms with Crippen LogP contribution in [0.1, 0.15) is 40.8 Å². The highest BCUT2D eigenvalue weighted by Gasteiger charge is 2.21. The predicted molar refractivity (Wildman–Crippen MR) is 139 cm³/mol. The van der Waals surface area contributed by atoms with Gasteiger partial charge in [-0.15, -0.1) is 0 Å². The molecule has 0 unspecified atom stereocenters. The zero-order valence-electron chi connectivity index (χ0n) is 21.4. The number of hydrogen-bond acceptors (Lipinski definition) is 7. The molecule has 4 N–H and O–H groups in total. The lowest BCUT2D eigenvalue weighted by Crippen LogP contribution is -2.46. The number of anilines is 2. The first-order valence-electron chi connectivity index (χ1n) is 12.1. The van der Waals surface area contributed by atoms with Crippen LogP contribution in [-0.2, 0) is 16.0 Å². The molecule has 1 atom stereocenters. The van der Waals surface area contributed by atoms with Gasteiger partial charge in [0.05, 0.1) is 11.4 Å². The van der Waals surface area contributed by atoms with Crippen molar-refractivity contribution in [3.05, 3.63) is 59.1 Å². The lowest BCUT2D eigenvalue weighted by Gasteiger charge is -2.29. The third kappa shape index (κ3) is 7.11. The number of likely N-dealkylation sites (N-methyl/N-ethyl adjacent to an activating group) is 1. The highest BCUT2D eigenvalue weighted by molar-refractivity contribution is 5.96. The Balaban J connectivity index is 1.52. The summed E-state index contributed by atoms with van der Waals surface area (Å²) in [6.45, 7) is 8.60. The van der Waals surface area contributed by atoms with Crippen LogP contribution < -0.4 is 16.4 Å². The van der Waals surface area contributed by atoms with Crippen molar-refractivity contribution in [1.82, 2.24) is 25.1 Å². The fourth-order valence-electron chi connectivity index (χ4n) is 3.63. The summed E-state index contributed by atoms with van der Waals surface area (Å²) in [6, 6.07) is 6.99. The van der Waals surface area contributed by atoms with E-state index in [-0.39, 0.29) is 17.5 Å². The Hall–Kier alpha value is -3.79. The monoisotopic (exact) mass is 493 g/mol.